The Kier molecular flexibility index (Phi) is 6.51. The van der Waals surface area contributed by atoms with Crippen LogP contribution in [0.15, 0.2) is 77.0 Å². The molecule has 2 aromatic carbocycles. The standard InChI is InChI=1S/C29H24N2O4S3/c1-18-9-12-20(13-10-18)38(34,35)31-23-8-6-5-7-21(23)25(22-15-16-36-27(22)30-4)26(31)24-14-11-19(37-24)17-29(2,3)28(32)33/h5-16H,17H2,1-3H3,(H,32,33). The van der Waals surface area contributed by atoms with Gasteiger partial charge in [0.25, 0.3) is 10.0 Å². The van der Waals surface area contributed by atoms with Crippen molar-refractivity contribution in [1.29, 1.82) is 0 Å². The van der Waals surface area contributed by atoms with Gasteiger partial charge in [0.05, 0.1) is 33.0 Å². The average Bonchev–Trinajstić information content (AvgIpc) is 3.60. The highest BCUT2D eigenvalue weighted by molar-refractivity contribution is 7.90. The highest BCUT2D eigenvalue weighted by atomic mass is 32.2. The van der Waals surface area contributed by atoms with Gasteiger partial charge in [-0.3, -0.25) is 4.79 Å². The number of carboxylic acid groups (broad SMARTS) is 1. The molecule has 3 aromatic heterocycles. The topological polar surface area (TPSA) is 80.7 Å². The molecule has 0 amide bonds. The minimum Gasteiger partial charge on any atom is -0.481 e. The predicted octanol–water partition coefficient (Wildman–Crippen LogP) is 7.85. The largest absolute Gasteiger partial charge is 0.481 e. The Morgan fingerprint density at radius 3 is 2.45 bits per heavy atom. The Morgan fingerprint density at radius 2 is 1.76 bits per heavy atom. The molecule has 6 nitrogen and oxygen atoms in total. The van der Waals surface area contributed by atoms with Crippen LogP contribution in [0.25, 0.3) is 37.4 Å². The molecule has 0 saturated heterocycles. The van der Waals surface area contributed by atoms with Crippen molar-refractivity contribution in [3.63, 3.8) is 0 Å². The highest BCUT2D eigenvalue weighted by Gasteiger charge is 2.32. The number of para-hydroxylation sites is 1. The summed E-state index contributed by atoms with van der Waals surface area (Å²) in [4.78, 5) is 17.1. The van der Waals surface area contributed by atoms with Gasteiger partial charge in [-0.2, -0.15) is 11.3 Å². The number of aliphatic carboxylic acids is 1. The van der Waals surface area contributed by atoms with Crippen LogP contribution in [0.4, 0.5) is 5.00 Å². The minimum atomic E-state index is -4.04. The van der Waals surface area contributed by atoms with Gasteiger partial charge in [0.1, 0.15) is 0 Å². The second-order valence-corrected chi connectivity index (χ2v) is 13.6. The van der Waals surface area contributed by atoms with Gasteiger partial charge < -0.3 is 5.11 Å². The van der Waals surface area contributed by atoms with Crippen molar-refractivity contribution in [3.05, 3.63) is 94.0 Å². The van der Waals surface area contributed by atoms with E-state index in [2.05, 4.69) is 4.85 Å². The van der Waals surface area contributed by atoms with Crippen molar-refractivity contribution in [1.82, 2.24) is 3.97 Å². The van der Waals surface area contributed by atoms with Crippen molar-refractivity contribution in [2.45, 2.75) is 32.1 Å². The highest BCUT2D eigenvalue weighted by Crippen LogP contribution is 2.49. The second-order valence-electron chi connectivity index (χ2n) is 9.71. The fraction of sp³-hybridized carbons (Fsp3) is 0.172. The number of thiophene rings is 2. The fourth-order valence-electron chi connectivity index (χ4n) is 4.46. The van der Waals surface area contributed by atoms with Gasteiger partial charge in [0, 0.05) is 21.4 Å². The van der Waals surface area contributed by atoms with Crippen molar-refractivity contribution in [3.8, 4) is 21.7 Å². The monoisotopic (exact) mass is 560 g/mol. The number of fused-ring (bicyclic) bond motifs is 1. The quantitative estimate of drug-likeness (QED) is 0.206. The van der Waals surface area contributed by atoms with Crippen LogP contribution < -0.4 is 0 Å². The Balaban J connectivity index is 1.85. The molecule has 0 aliphatic rings. The van der Waals surface area contributed by atoms with Crippen LogP contribution in [0.5, 0.6) is 0 Å². The van der Waals surface area contributed by atoms with Crippen molar-refractivity contribution in [2.24, 2.45) is 5.41 Å². The zero-order valence-electron chi connectivity index (χ0n) is 20.9. The molecule has 0 aliphatic carbocycles. The number of nitrogens with zero attached hydrogens (tertiary/aromatic N) is 2. The zero-order valence-corrected chi connectivity index (χ0v) is 23.4. The number of aryl methyl sites for hydroxylation is 1. The van der Waals surface area contributed by atoms with Crippen molar-refractivity contribution >= 4 is 54.6 Å². The minimum absolute atomic E-state index is 0.163. The lowest BCUT2D eigenvalue weighted by Crippen LogP contribution is -2.25. The summed E-state index contributed by atoms with van der Waals surface area (Å²) in [5.74, 6) is -0.899. The molecule has 0 saturated carbocycles. The Hall–Kier alpha value is -3.71. The maximum atomic E-state index is 14.2. The van der Waals surface area contributed by atoms with Crippen LogP contribution in [0, 0.1) is 18.9 Å². The van der Waals surface area contributed by atoms with E-state index in [9.17, 15) is 18.3 Å². The summed E-state index contributed by atoms with van der Waals surface area (Å²) in [5, 5.41) is 12.7. The molecule has 0 radical (unpaired) electrons. The van der Waals surface area contributed by atoms with E-state index in [-0.39, 0.29) is 4.90 Å². The van der Waals surface area contributed by atoms with Crippen LogP contribution in [-0.2, 0) is 21.2 Å². The lowest BCUT2D eigenvalue weighted by atomic mass is 9.89. The predicted molar refractivity (Wildman–Crippen MR) is 154 cm³/mol. The van der Waals surface area contributed by atoms with Crippen LogP contribution in [-0.4, -0.2) is 23.5 Å². The maximum Gasteiger partial charge on any atom is 0.309 e. The molecule has 0 fully saturated rings. The molecular formula is C29H24N2O4S3. The first-order valence-corrected chi connectivity index (χ1v) is 14.9. The molecule has 3 heterocycles. The van der Waals surface area contributed by atoms with E-state index in [4.69, 9.17) is 6.57 Å². The zero-order chi connectivity index (χ0) is 27.2. The summed E-state index contributed by atoms with van der Waals surface area (Å²) < 4.78 is 29.9. The maximum absolute atomic E-state index is 14.2. The van der Waals surface area contributed by atoms with Gasteiger partial charge in [-0.15, -0.1) is 11.3 Å². The Morgan fingerprint density at radius 1 is 1.05 bits per heavy atom. The first kappa shape index (κ1) is 25.9. The number of benzene rings is 2. The van der Waals surface area contributed by atoms with E-state index in [1.807, 2.05) is 42.6 Å². The van der Waals surface area contributed by atoms with Gasteiger partial charge in [0.2, 0.25) is 5.00 Å². The molecule has 192 valence electrons. The first-order valence-electron chi connectivity index (χ1n) is 11.8. The van der Waals surface area contributed by atoms with Gasteiger partial charge in [-0.1, -0.05) is 42.0 Å². The van der Waals surface area contributed by atoms with E-state index >= 15 is 0 Å². The third kappa shape index (κ3) is 4.35. The van der Waals surface area contributed by atoms with Crippen LogP contribution in [0.1, 0.15) is 24.3 Å². The van der Waals surface area contributed by atoms with Gasteiger partial charge in [0.15, 0.2) is 0 Å². The lowest BCUT2D eigenvalue weighted by molar-refractivity contribution is -0.146. The van der Waals surface area contributed by atoms with Gasteiger partial charge >= 0.3 is 5.97 Å². The third-order valence-electron chi connectivity index (χ3n) is 6.50. The van der Waals surface area contributed by atoms with Gasteiger partial charge in [-0.25, -0.2) is 17.2 Å². The van der Waals surface area contributed by atoms with E-state index < -0.39 is 21.4 Å². The molecule has 5 aromatic rings. The molecule has 0 unspecified atom stereocenters. The summed E-state index contributed by atoms with van der Waals surface area (Å²) in [6.45, 7) is 13.0. The van der Waals surface area contributed by atoms with Crippen molar-refractivity contribution in [2.75, 3.05) is 0 Å². The molecule has 1 N–H and O–H groups in total. The third-order valence-corrected chi connectivity index (χ3v) is 10.1. The molecule has 0 aliphatic heterocycles. The normalized spacial score (nSPS) is 12.1. The summed E-state index contributed by atoms with van der Waals surface area (Å²) >= 11 is 2.69. The second kappa shape index (κ2) is 9.55. The molecular weight excluding hydrogens is 537 g/mol. The smallest absolute Gasteiger partial charge is 0.309 e. The molecule has 38 heavy (non-hydrogen) atoms. The lowest BCUT2D eigenvalue weighted by Gasteiger charge is -2.17. The molecule has 5 rings (SSSR count). The summed E-state index contributed by atoms with van der Waals surface area (Å²) in [5.41, 5.74) is 2.31. The van der Waals surface area contributed by atoms with E-state index in [1.165, 1.54) is 26.6 Å². The van der Waals surface area contributed by atoms with E-state index in [0.29, 0.717) is 38.6 Å². The number of aromatic nitrogens is 1. The summed E-state index contributed by atoms with van der Waals surface area (Å²) in [6, 6.07) is 19.6. The van der Waals surface area contributed by atoms with E-state index in [1.54, 1.807) is 50.2 Å². The van der Waals surface area contributed by atoms with E-state index in [0.717, 1.165) is 15.8 Å². The number of hydrogen-bond acceptors (Lipinski definition) is 5. The SMILES string of the molecule is [C-]#[N+]c1sccc1-c1c(-c2ccc(CC(C)(C)C(=O)O)s2)n(S(=O)(=O)c2ccc(C)cc2)c2ccccc12. The molecule has 0 atom stereocenters. The number of carbonyl (C=O) groups is 1. The molecule has 0 bridgehead atoms. The molecule has 9 heteroatoms. The fourth-order valence-corrected chi connectivity index (χ4v) is 8.02. The summed E-state index contributed by atoms with van der Waals surface area (Å²) in [6.07, 6.45) is 0.305. The number of carboxylic acids is 1. The van der Waals surface area contributed by atoms with Crippen molar-refractivity contribution < 1.29 is 18.3 Å². The summed E-state index contributed by atoms with van der Waals surface area (Å²) in [7, 11) is -4.04. The Labute approximate surface area is 229 Å². The van der Waals surface area contributed by atoms with Crippen LogP contribution in [0.2, 0.25) is 0 Å². The first-order chi connectivity index (χ1) is 18.0. The molecule has 0 spiro atoms. The van der Waals surface area contributed by atoms with Crippen LogP contribution >= 0.6 is 22.7 Å². The van der Waals surface area contributed by atoms with Crippen LogP contribution in [0.3, 0.4) is 0 Å². The average molecular weight is 561 g/mol. The number of hydrogen-bond donors (Lipinski definition) is 1. The Bertz CT molecular complexity index is 1830. The van der Waals surface area contributed by atoms with Gasteiger partial charge in [-0.05, 0) is 62.9 Å². The number of rotatable bonds is 7.